The summed E-state index contributed by atoms with van der Waals surface area (Å²) in [6.45, 7) is 1.46. The zero-order chi connectivity index (χ0) is 16.6. The third-order valence-electron chi connectivity index (χ3n) is 3.66. The number of aryl methyl sites for hydroxylation is 1. The molecule has 0 radical (unpaired) electrons. The molecule has 1 aromatic heterocycles. The molecule has 0 bridgehead atoms. The van der Waals surface area contributed by atoms with Crippen LogP contribution in [-0.2, 0) is 6.54 Å². The van der Waals surface area contributed by atoms with Crippen molar-refractivity contribution >= 4 is 17.3 Å². The molecule has 2 N–H and O–H groups in total. The van der Waals surface area contributed by atoms with Crippen LogP contribution in [0.5, 0.6) is 0 Å². The smallest absolute Gasteiger partial charge is 0.253 e. The summed E-state index contributed by atoms with van der Waals surface area (Å²) >= 11 is 0. The van der Waals surface area contributed by atoms with Crippen LogP contribution >= 0.6 is 0 Å². The number of anilines is 2. The summed E-state index contributed by atoms with van der Waals surface area (Å²) in [4.78, 5) is 16.4. The van der Waals surface area contributed by atoms with Crippen LogP contribution in [0, 0.1) is 0 Å². The van der Waals surface area contributed by atoms with Gasteiger partial charge < -0.3 is 15.2 Å². The van der Waals surface area contributed by atoms with Crippen molar-refractivity contribution in [2.75, 3.05) is 11.9 Å². The second-order valence-corrected chi connectivity index (χ2v) is 5.45. The maximum Gasteiger partial charge on any atom is 0.253 e. The summed E-state index contributed by atoms with van der Waals surface area (Å²) in [6.07, 6.45) is 6.31. The van der Waals surface area contributed by atoms with Gasteiger partial charge >= 0.3 is 0 Å². The molecule has 3 aromatic rings. The number of benzene rings is 2. The van der Waals surface area contributed by atoms with E-state index in [1.54, 1.807) is 12.5 Å². The van der Waals surface area contributed by atoms with Crippen LogP contribution < -0.4 is 10.6 Å². The monoisotopic (exact) mass is 320 g/mol. The minimum Gasteiger partial charge on any atom is -0.355 e. The predicted molar refractivity (Wildman–Crippen MR) is 95.3 cm³/mol. The Labute approximate surface area is 141 Å². The predicted octanol–water partition coefficient (Wildman–Crippen LogP) is 3.45. The zero-order valence-electron chi connectivity index (χ0n) is 13.4. The van der Waals surface area contributed by atoms with Gasteiger partial charge in [-0.05, 0) is 30.7 Å². The minimum atomic E-state index is -0.0698. The Balaban J connectivity index is 1.58. The molecule has 1 amide bonds. The maximum absolute atomic E-state index is 12.4. The average molecular weight is 320 g/mol. The van der Waals surface area contributed by atoms with Gasteiger partial charge in [-0.2, -0.15) is 0 Å². The Morgan fingerprint density at radius 3 is 2.62 bits per heavy atom. The molecule has 0 atom stereocenters. The van der Waals surface area contributed by atoms with Crippen LogP contribution in [-0.4, -0.2) is 22.0 Å². The molecule has 0 spiro atoms. The van der Waals surface area contributed by atoms with Gasteiger partial charge in [-0.25, -0.2) is 4.98 Å². The highest BCUT2D eigenvalue weighted by Crippen LogP contribution is 2.20. The third kappa shape index (κ3) is 4.23. The third-order valence-corrected chi connectivity index (χ3v) is 3.66. The van der Waals surface area contributed by atoms with E-state index in [1.807, 2.05) is 65.4 Å². The topological polar surface area (TPSA) is 59.0 Å². The number of carbonyl (C=O) groups excluding carboxylic acids is 1. The molecule has 5 heteroatoms. The van der Waals surface area contributed by atoms with Gasteiger partial charge in [0.15, 0.2) is 0 Å². The first-order valence-corrected chi connectivity index (χ1v) is 7.98. The number of hydrogen-bond acceptors (Lipinski definition) is 3. The Morgan fingerprint density at radius 1 is 1.04 bits per heavy atom. The van der Waals surface area contributed by atoms with Crippen molar-refractivity contribution in [2.45, 2.75) is 13.0 Å². The summed E-state index contributed by atoms with van der Waals surface area (Å²) in [7, 11) is 0. The quantitative estimate of drug-likeness (QED) is 0.656. The molecular weight excluding hydrogens is 300 g/mol. The Hall–Kier alpha value is -3.08. The molecule has 0 saturated carbocycles. The van der Waals surface area contributed by atoms with Gasteiger partial charge in [0.2, 0.25) is 0 Å². The lowest BCUT2D eigenvalue weighted by atomic mass is 10.1. The van der Waals surface area contributed by atoms with Crippen molar-refractivity contribution in [1.82, 2.24) is 14.9 Å². The van der Waals surface area contributed by atoms with Gasteiger partial charge in [-0.1, -0.05) is 30.3 Å². The molecule has 0 saturated heterocycles. The van der Waals surface area contributed by atoms with Gasteiger partial charge in [0, 0.05) is 31.2 Å². The highest BCUT2D eigenvalue weighted by atomic mass is 16.1. The molecule has 2 aromatic carbocycles. The molecule has 5 nitrogen and oxygen atoms in total. The molecule has 24 heavy (non-hydrogen) atoms. The normalized spacial score (nSPS) is 10.3. The highest BCUT2D eigenvalue weighted by Gasteiger charge is 2.10. The average Bonchev–Trinajstić information content (AvgIpc) is 3.13. The van der Waals surface area contributed by atoms with Crippen LogP contribution in [0.4, 0.5) is 11.4 Å². The van der Waals surface area contributed by atoms with Crippen LogP contribution in [0.3, 0.4) is 0 Å². The van der Waals surface area contributed by atoms with E-state index in [-0.39, 0.29) is 5.91 Å². The van der Waals surface area contributed by atoms with Crippen LogP contribution in [0.1, 0.15) is 16.8 Å². The summed E-state index contributed by atoms with van der Waals surface area (Å²) in [5.74, 6) is -0.0698. The lowest BCUT2D eigenvalue weighted by molar-refractivity contribution is 0.0953. The molecule has 0 aliphatic heterocycles. The number of nitrogens with one attached hydrogen (secondary N) is 2. The number of hydrogen-bond donors (Lipinski definition) is 2. The molecule has 122 valence electrons. The molecule has 0 aliphatic rings. The maximum atomic E-state index is 12.4. The molecular formula is C19H20N4O. The van der Waals surface area contributed by atoms with Crippen LogP contribution in [0.15, 0.2) is 73.3 Å². The molecule has 1 heterocycles. The van der Waals surface area contributed by atoms with E-state index >= 15 is 0 Å². The Bertz CT molecular complexity index is 769. The molecule has 0 fully saturated rings. The van der Waals surface area contributed by atoms with E-state index in [4.69, 9.17) is 0 Å². The Kier molecular flexibility index (Phi) is 5.24. The summed E-state index contributed by atoms with van der Waals surface area (Å²) < 4.78 is 2.00. The zero-order valence-corrected chi connectivity index (χ0v) is 13.4. The number of para-hydroxylation sites is 2. The first kappa shape index (κ1) is 15.8. The van der Waals surface area contributed by atoms with Crippen molar-refractivity contribution in [2.24, 2.45) is 0 Å². The number of nitrogens with zero attached hydrogens (tertiary/aromatic N) is 2. The summed E-state index contributed by atoms with van der Waals surface area (Å²) in [6, 6.07) is 17.4. The van der Waals surface area contributed by atoms with Crippen LogP contribution in [0.25, 0.3) is 0 Å². The number of aromatic nitrogens is 2. The summed E-state index contributed by atoms with van der Waals surface area (Å²) in [5.41, 5.74) is 2.40. The highest BCUT2D eigenvalue weighted by molar-refractivity contribution is 6.00. The number of carbonyl (C=O) groups is 1. The lowest BCUT2D eigenvalue weighted by Gasteiger charge is -2.12. The van der Waals surface area contributed by atoms with Crippen molar-refractivity contribution in [3.05, 3.63) is 78.9 Å². The van der Waals surface area contributed by atoms with Crippen LogP contribution in [0.2, 0.25) is 0 Å². The number of imidazole rings is 1. The number of rotatable bonds is 7. The van der Waals surface area contributed by atoms with Gasteiger partial charge in [0.1, 0.15) is 0 Å². The lowest BCUT2D eigenvalue weighted by Crippen LogP contribution is -2.25. The fourth-order valence-corrected chi connectivity index (χ4v) is 2.44. The molecule has 0 unspecified atom stereocenters. The van der Waals surface area contributed by atoms with Gasteiger partial charge in [-0.3, -0.25) is 4.79 Å². The van der Waals surface area contributed by atoms with E-state index in [0.717, 1.165) is 24.3 Å². The Morgan fingerprint density at radius 2 is 1.83 bits per heavy atom. The first-order chi connectivity index (χ1) is 11.8. The van der Waals surface area contributed by atoms with Gasteiger partial charge in [-0.15, -0.1) is 0 Å². The second-order valence-electron chi connectivity index (χ2n) is 5.45. The van der Waals surface area contributed by atoms with Crippen molar-refractivity contribution < 1.29 is 4.79 Å². The van der Waals surface area contributed by atoms with E-state index < -0.39 is 0 Å². The SMILES string of the molecule is O=C(NCCCn1ccnc1)c1ccccc1Nc1ccccc1. The molecule has 0 aliphatic carbocycles. The molecule has 3 rings (SSSR count). The fraction of sp³-hybridized carbons (Fsp3) is 0.158. The van der Waals surface area contributed by atoms with E-state index in [9.17, 15) is 4.79 Å². The minimum absolute atomic E-state index is 0.0698. The van der Waals surface area contributed by atoms with Crippen molar-refractivity contribution in [1.29, 1.82) is 0 Å². The van der Waals surface area contributed by atoms with Gasteiger partial charge in [0.25, 0.3) is 5.91 Å². The van der Waals surface area contributed by atoms with E-state index in [0.29, 0.717) is 12.1 Å². The second kappa shape index (κ2) is 7.97. The van der Waals surface area contributed by atoms with Gasteiger partial charge in [0.05, 0.1) is 17.6 Å². The fourth-order valence-electron chi connectivity index (χ4n) is 2.44. The van der Waals surface area contributed by atoms with E-state index in [1.165, 1.54) is 0 Å². The van der Waals surface area contributed by atoms with Crippen molar-refractivity contribution in [3.8, 4) is 0 Å². The standard InChI is InChI=1S/C19H20N4O/c24-19(21-11-6-13-23-14-12-20-15-23)17-9-4-5-10-18(17)22-16-7-2-1-3-8-16/h1-5,7-10,12,14-15,22H,6,11,13H2,(H,21,24). The summed E-state index contributed by atoms with van der Waals surface area (Å²) in [5, 5.41) is 6.27. The number of amides is 1. The van der Waals surface area contributed by atoms with E-state index in [2.05, 4.69) is 15.6 Å². The largest absolute Gasteiger partial charge is 0.355 e. The first-order valence-electron chi connectivity index (χ1n) is 7.98. The van der Waals surface area contributed by atoms with Crippen molar-refractivity contribution in [3.63, 3.8) is 0 Å².